The molecule has 0 aromatic carbocycles. The average Bonchev–Trinajstić information content (AvgIpc) is 2.15. The molecule has 1 aliphatic rings. The van der Waals surface area contributed by atoms with E-state index in [-0.39, 0.29) is 0 Å². The van der Waals surface area contributed by atoms with Gasteiger partial charge in [-0.3, -0.25) is 4.90 Å². The minimum atomic E-state index is 0.678. The van der Waals surface area contributed by atoms with Gasteiger partial charge >= 0.3 is 0 Å². The average molecular weight is 166 g/mol. The fourth-order valence-electron chi connectivity index (χ4n) is 1.50. The lowest BCUT2D eigenvalue weighted by molar-refractivity contribution is 0.218. The first kappa shape index (κ1) is 9.57. The lowest BCUT2D eigenvalue weighted by Crippen LogP contribution is -2.50. The highest BCUT2D eigenvalue weighted by Gasteiger charge is 2.15. The van der Waals surface area contributed by atoms with Crippen LogP contribution >= 0.6 is 0 Å². The summed E-state index contributed by atoms with van der Waals surface area (Å²) < 4.78 is 0. The quantitative estimate of drug-likeness (QED) is 0.607. The molecule has 0 aromatic heterocycles. The second-order valence-corrected chi connectivity index (χ2v) is 3.22. The summed E-state index contributed by atoms with van der Waals surface area (Å²) in [7, 11) is 0. The first-order chi connectivity index (χ1) is 5.86. The van der Waals surface area contributed by atoms with Gasteiger partial charge in [-0.2, -0.15) is 0 Å². The van der Waals surface area contributed by atoms with Crippen molar-refractivity contribution in [3.63, 3.8) is 0 Å². The van der Waals surface area contributed by atoms with E-state index in [1.807, 2.05) is 6.92 Å². The fourth-order valence-corrected chi connectivity index (χ4v) is 1.50. The van der Waals surface area contributed by atoms with Crippen LogP contribution in [-0.2, 0) is 0 Å². The van der Waals surface area contributed by atoms with Crippen LogP contribution in [0.5, 0.6) is 0 Å². The van der Waals surface area contributed by atoms with Gasteiger partial charge in [-0.1, -0.05) is 12.8 Å². The summed E-state index contributed by atoms with van der Waals surface area (Å²) in [5.74, 6) is 6.05. The molecular formula is C10H18N2. The summed E-state index contributed by atoms with van der Waals surface area (Å²) in [5.41, 5.74) is 0. The molecule has 0 amide bonds. The Labute approximate surface area is 75.3 Å². The van der Waals surface area contributed by atoms with Crippen molar-refractivity contribution in [2.24, 2.45) is 0 Å². The summed E-state index contributed by atoms with van der Waals surface area (Å²) in [5, 5.41) is 3.49. The molecular weight excluding hydrogens is 148 g/mol. The molecule has 68 valence electrons. The molecule has 0 saturated carbocycles. The number of hydrogen-bond acceptors (Lipinski definition) is 2. The van der Waals surface area contributed by atoms with Gasteiger partial charge in [-0.25, -0.2) is 0 Å². The smallest absolute Gasteiger partial charge is 0.0602 e. The Morgan fingerprint density at radius 3 is 3.08 bits per heavy atom. The molecule has 0 bridgehead atoms. The lowest BCUT2D eigenvalue weighted by Gasteiger charge is -2.31. The molecule has 1 heterocycles. The Morgan fingerprint density at radius 1 is 1.58 bits per heavy atom. The molecule has 2 nitrogen and oxygen atoms in total. The Balaban J connectivity index is 2.28. The summed E-state index contributed by atoms with van der Waals surface area (Å²) in [6, 6.07) is 0.678. The molecule has 12 heavy (non-hydrogen) atoms. The largest absolute Gasteiger partial charge is 0.311 e. The third-order valence-electron chi connectivity index (χ3n) is 2.31. The Morgan fingerprint density at radius 2 is 2.42 bits per heavy atom. The van der Waals surface area contributed by atoms with Gasteiger partial charge in [0.05, 0.1) is 6.54 Å². The lowest BCUT2D eigenvalue weighted by atomic mass is 10.1. The van der Waals surface area contributed by atoms with Gasteiger partial charge < -0.3 is 5.32 Å². The molecule has 0 spiro atoms. The topological polar surface area (TPSA) is 15.3 Å². The molecule has 1 rings (SSSR count). The van der Waals surface area contributed by atoms with Crippen molar-refractivity contribution in [2.45, 2.75) is 26.3 Å². The zero-order chi connectivity index (χ0) is 8.81. The normalized spacial score (nSPS) is 24.7. The predicted molar refractivity (Wildman–Crippen MR) is 52.0 cm³/mol. The van der Waals surface area contributed by atoms with Gasteiger partial charge in [0.25, 0.3) is 0 Å². The molecule has 0 radical (unpaired) electrons. The minimum Gasteiger partial charge on any atom is -0.311 e. The van der Waals surface area contributed by atoms with Crippen molar-refractivity contribution < 1.29 is 0 Å². The summed E-state index contributed by atoms with van der Waals surface area (Å²) in [6.45, 7) is 8.49. The number of nitrogens with one attached hydrogen (secondary N) is 1. The number of piperazine rings is 1. The molecule has 0 aliphatic carbocycles. The Bertz CT molecular complexity index is 178. The highest BCUT2D eigenvalue weighted by molar-refractivity contribution is 4.98. The number of rotatable bonds is 2. The second-order valence-electron chi connectivity index (χ2n) is 3.22. The van der Waals surface area contributed by atoms with Crippen LogP contribution in [-0.4, -0.2) is 37.1 Å². The van der Waals surface area contributed by atoms with E-state index in [1.165, 1.54) is 6.42 Å². The van der Waals surface area contributed by atoms with Crippen molar-refractivity contribution >= 4 is 0 Å². The van der Waals surface area contributed by atoms with Gasteiger partial charge in [0, 0.05) is 25.7 Å². The molecule has 1 saturated heterocycles. The van der Waals surface area contributed by atoms with Crippen molar-refractivity contribution in [1.29, 1.82) is 0 Å². The summed E-state index contributed by atoms with van der Waals surface area (Å²) in [6.07, 6.45) is 1.22. The van der Waals surface area contributed by atoms with E-state index in [0.717, 1.165) is 26.2 Å². The summed E-state index contributed by atoms with van der Waals surface area (Å²) >= 11 is 0. The van der Waals surface area contributed by atoms with Crippen LogP contribution in [0.15, 0.2) is 0 Å². The zero-order valence-corrected chi connectivity index (χ0v) is 8.06. The SMILES string of the molecule is CC#CCN1CCNC(CC)C1. The van der Waals surface area contributed by atoms with E-state index in [2.05, 4.69) is 29.0 Å². The maximum atomic E-state index is 3.49. The molecule has 1 atom stereocenters. The van der Waals surface area contributed by atoms with Crippen LogP contribution in [0, 0.1) is 11.8 Å². The standard InChI is InChI=1S/C10H18N2/c1-3-5-7-12-8-6-11-10(4-2)9-12/h10-11H,4,6-9H2,1-2H3. The zero-order valence-electron chi connectivity index (χ0n) is 8.06. The number of hydrogen-bond donors (Lipinski definition) is 1. The van der Waals surface area contributed by atoms with Crippen LogP contribution in [0.1, 0.15) is 20.3 Å². The molecule has 1 N–H and O–H groups in total. The molecule has 1 unspecified atom stereocenters. The van der Waals surface area contributed by atoms with Crippen molar-refractivity contribution in [3.8, 4) is 11.8 Å². The van der Waals surface area contributed by atoms with Crippen LogP contribution in [0.25, 0.3) is 0 Å². The molecule has 0 aromatic rings. The van der Waals surface area contributed by atoms with Gasteiger partial charge in [-0.15, -0.1) is 5.92 Å². The minimum absolute atomic E-state index is 0.678. The first-order valence-corrected chi connectivity index (χ1v) is 4.72. The Kier molecular flexibility index (Phi) is 4.13. The third-order valence-corrected chi connectivity index (χ3v) is 2.31. The van der Waals surface area contributed by atoms with Crippen molar-refractivity contribution in [3.05, 3.63) is 0 Å². The van der Waals surface area contributed by atoms with Crippen molar-refractivity contribution in [1.82, 2.24) is 10.2 Å². The van der Waals surface area contributed by atoms with E-state index < -0.39 is 0 Å². The number of nitrogens with zero attached hydrogens (tertiary/aromatic N) is 1. The van der Waals surface area contributed by atoms with Crippen LogP contribution in [0.4, 0.5) is 0 Å². The molecule has 1 fully saturated rings. The van der Waals surface area contributed by atoms with Gasteiger partial charge in [0.1, 0.15) is 0 Å². The van der Waals surface area contributed by atoms with Crippen LogP contribution < -0.4 is 5.32 Å². The summed E-state index contributed by atoms with van der Waals surface area (Å²) in [4.78, 5) is 2.42. The van der Waals surface area contributed by atoms with E-state index in [0.29, 0.717) is 6.04 Å². The van der Waals surface area contributed by atoms with Crippen molar-refractivity contribution in [2.75, 3.05) is 26.2 Å². The maximum absolute atomic E-state index is 3.49. The van der Waals surface area contributed by atoms with E-state index in [4.69, 9.17) is 0 Å². The monoisotopic (exact) mass is 166 g/mol. The van der Waals surface area contributed by atoms with E-state index >= 15 is 0 Å². The fraction of sp³-hybridized carbons (Fsp3) is 0.800. The van der Waals surface area contributed by atoms with E-state index in [9.17, 15) is 0 Å². The van der Waals surface area contributed by atoms with Gasteiger partial charge in [0.15, 0.2) is 0 Å². The second kappa shape index (κ2) is 5.18. The van der Waals surface area contributed by atoms with Crippen LogP contribution in [0.3, 0.4) is 0 Å². The third kappa shape index (κ3) is 2.84. The predicted octanol–water partition coefficient (Wildman–Crippen LogP) is 0.694. The first-order valence-electron chi connectivity index (χ1n) is 4.72. The van der Waals surface area contributed by atoms with E-state index in [1.54, 1.807) is 0 Å². The van der Waals surface area contributed by atoms with Gasteiger partial charge in [-0.05, 0) is 13.3 Å². The molecule has 2 heteroatoms. The highest BCUT2D eigenvalue weighted by Crippen LogP contribution is 2.00. The molecule has 1 aliphatic heterocycles. The maximum Gasteiger partial charge on any atom is 0.0602 e. The Hall–Kier alpha value is -0.520. The van der Waals surface area contributed by atoms with Gasteiger partial charge in [0.2, 0.25) is 0 Å². The van der Waals surface area contributed by atoms with Crippen LogP contribution in [0.2, 0.25) is 0 Å². The highest BCUT2D eigenvalue weighted by atomic mass is 15.2.